The Balaban J connectivity index is 1.61. The molecule has 2 amide bonds. The van der Waals surface area contributed by atoms with Crippen LogP contribution in [0.15, 0.2) is 22.7 Å². The molecule has 0 saturated carbocycles. The SMILES string of the molecule is O=C(c1cc(Br)ccc1F)N1CCC(C(=O)N2CCCC2)CC1. The largest absolute Gasteiger partial charge is 0.342 e. The molecule has 1 aromatic carbocycles. The second-order valence-corrected chi connectivity index (χ2v) is 7.14. The molecule has 23 heavy (non-hydrogen) atoms. The van der Waals surface area contributed by atoms with E-state index in [-0.39, 0.29) is 23.3 Å². The van der Waals surface area contributed by atoms with E-state index in [2.05, 4.69) is 15.9 Å². The minimum absolute atomic E-state index is 0.00417. The van der Waals surface area contributed by atoms with Gasteiger partial charge in [-0.25, -0.2) is 4.39 Å². The molecule has 0 unspecified atom stereocenters. The van der Waals surface area contributed by atoms with Crippen molar-refractivity contribution in [1.82, 2.24) is 9.80 Å². The van der Waals surface area contributed by atoms with Gasteiger partial charge in [0.05, 0.1) is 5.56 Å². The molecule has 2 fully saturated rings. The highest BCUT2D eigenvalue weighted by Crippen LogP contribution is 2.24. The van der Waals surface area contributed by atoms with Crippen LogP contribution in [0.3, 0.4) is 0 Å². The van der Waals surface area contributed by atoms with Crippen molar-refractivity contribution in [2.24, 2.45) is 5.92 Å². The first-order valence-corrected chi connectivity index (χ1v) is 8.88. The molecule has 0 aliphatic carbocycles. The molecule has 0 atom stereocenters. The number of amides is 2. The minimum atomic E-state index is -0.506. The summed E-state index contributed by atoms with van der Waals surface area (Å²) < 4.78 is 14.5. The number of benzene rings is 1. The highest BCUT2D eigenvalue weighted by molar-refractivity contribution is 9.10. The second-order valence-electron chi connectivity index (χ2n) is 6.22. The molecule has 0 bridgehead atoms. The molecule has 0 radical (unpaired) electrons. The monoisotopic (exact) mass is 382 g/mol. The van der Waals surface area contributed by atoms with Crippen LogP contribution >= 0.6 is 15.9 Å². The second kappa shape index (κ2) is 6.99. The van der Waals surface area contributed by atoms with Crippen LogP contribution in [0.1, 0.15) is 36.0 Å². The van der Waals surface area contributed by atoms with E-state index in [1.54, 1.807) is 11.0 Å². The molecule has 6 heteroatoms. The van der Waals surface area contributed by atoms with Crippen molar-refractivity contribution in [3.05, 3.63) is 34.1 Å². The maximum absolute atomic E-state index is 13.9. The number of carbonyl (C=O) groups is 2. The maximum Gasteiger partial charge on any atom is 0.256 e. The van der Waals surface area contributed by atoms with Crippen LogP contribution in [-0.2, 0) is 4.79 Å². The van der Waals surface area contributed by atoms with Crippen molar-refractivity contribution < 1.29 is 14.0 Å². The van der Waals surface area contributed by atoms with Crippen molar-refractivity contribution in [2.45, 2.75) is 25.7 Å². The fourth-order valence-electron chi connectivity index (χ4n) is 3.36. The molecule has 0 aromatic heterocycles. The van der Waals surface area contributed by atoms with Crippen LogP contribution in [-0.4, -0.2) is 47.8 Å². The summed E-state index contributed by atoms with van der Waals surface area (Å²) in [5.41, 5.74) is 0.0868. The number of carbonyl (C=O) groups excluding carboxylic acids is 2. The normalized spacial score (nSPS) is 19.2. The van der Waals surface area contributed by atoms with Gasteiger partial charge in [0.2, 0.25) is 5.91 Å². The number of hydrogen-bond donors (Lipinski definition) is 0. The van der Waals surface area contributed by atoms with Gasteiger partial charge in [-0.15, -0.1) is 0 Å². The highest BCUT2D eigenvalue weighted by atomic mass is 79.9. The Morgan fingerprint density at radius 3 is 2.35 bits per heavy atom. The number of halogens is 2. The van der Waals surface area contributed by atoms with Crippen LogP contribution < -0.4 is 0 Å². The molecular formula is C17H20BrFN2O2. The molecule has 2 heterocycles. The summed E-state index contributed by atoms with van der Waals surface area (Å²) in [5.74, 6) is -0.572. The Morgan fingerprint density at radius 1 is 1.04 bits per heavy atom. The van der Waals surface area contributed by atoms with Gasteiger partial charge in [-0.3, -0.25) is 9.59 Å². The third-order valence-electron chi connectivity index (χ3n) is 4.71. The van der Waals surface area contributed by atoms with Crippen LogP contribution in [0.25, 0.3) is 0 Å². The minimum Gasteiger partial charge on any atom is -0.342 e. The lowest BCUT2D eigenvalue weighted by molar-refractivity contribution is -0.135. The predicted molar refractivity (Wildman–Crippen MR) is 88.5 cm³/mol. The number of likely N-dealkylation sites (tertiary alicyclic amines) is 2. The number of piperidine rings is 1. The topological polar surface area (TPSA) is 40.6 Å². The molecule has 0 N–H and O–H groups in total. The maximum atomic E-state index is 13.9. The van der Waals surface area contributed by atoms with E-state index in [9.17, 15) is 14.0 Å². The lowest BCUT2D eigenvalue weighted by Gasteiger charge is -2.33. The standard InChI is InChI=1S/C17H20BrFN2O2/c18-13-3-4-15(19)14(11-13)17(23)21-9-5-12(6-10-21)16(22)20-7-1-2-8-20/h3-4,11-12H,1-2,5-10H2. The molecule has 0 spiro atoms. The van der Waals surface area contributed by atoms with E-state index in [0.29, 0.717) is 30.4 Å². The van der Waals surface area contributed by atoms with Crippen molar-refractivity contribution in [1.29, 1.82) is 0 Å². The number of hydrogen-bond acceptors (Lipinski definition) is 2. The third-order valence-corrected chi connectivity index (χ3v) is 5.20. The van der Waals surface area contributed by atoms with Crippen LogP contribution in [0.5, 0.6) is 0 Å². The fraction of sp³-hybridized carbons (Fsp3) is 0.529. The summed E-state index contributed by atoms with van der Waals surface area (Å²) in [6.45, 7) is 2.74. The lowest BCUT2D eigenvalue weighted by atomic mass is 9.95. The Kier molecular flexibility index (Phi) is 4.99. The van der Waals surface area contributed by atoms with Crippen molar-refractivity contribution in [2.75, 3.05) is 26.2 Å². The van der Waals surface area contributed by atoms with Gasteiger partial charge in [-0.2, -0.15) is 0 Å². The molecule has 2 aliphatic heterocycles. The summed E-state index contributed by atoms with van der Waals surface area (Å²) in [5, 5.41) is 0. The zero-order chi connectivity index (χ0) is 16.4. The first-order chi connectivity index (χ1) is 11.1. The smallest absolute Gasteiger partial charge is 0.256 e. The van der Waals surface area contributed by atoms with Gasteiger partial charge in [0, 0.05) is 36.6 Å². The Hall–Kier alpha value is -1.43. The molecule has 3 rings (SSSR count). The van der Waals surface area contributed by atoms with Crippen LogP contribution in [0.4, 0.5) is 4.39 Å². The Morgan fingerprint density at radius 2 is 1.70 bits per heavy atom. The highest BCUT2D eigenvalue weighted by Gasteiger charge is 2.32. The Labute approximate surface area is 143 Å². The summed E-state index contributed by atoms with van der Waals surface area (Å²) in [6.07, 6.45) is 3.50. The zero-order valence-corrected chi connectivity index (χ0v) is 14.5. The van der Waals surface area contributed by atoms with Gasteiger partial charge in [-0.1, -0.05) is 15.9 Å². The van der Waals surface area contributed by atoms with Crippen LogP contribution in [0.2, 0.25) is 0 Å². The molecule has 2 saturated heterocycles. The summed E-state index contributed by atoms with van der Waals surface area (Å²) >= 11 is 3.27. The first-order valence-electron chi connectivity index (χ1n) is 8.09. The predicted octanol–water partition coefficient (Wildman–Crippen LogP) is 3.06. The molecule has 4 nitrogen and oxygen atoms in total. The quantitative estimate of drug-likeness (QED) is 0.788. The van der Waals surface area contributed by atoms with E-state index in [1.807, 2.05) is 4.90 Å². The number of nitrogens with zero attached hydrogens (tertiary/aromatic N) is 2. The van der Waals surface area contributed by atoms with Gasteiger partial charge >= 0.3 is 0 Å². The van der Waals surface area contributed by atoms with E-state index in [0.717, 1.165) is 25.9 Å². The summed E-state index contributed by atoms with van der Waals surface area (Å²) in [7, 11) is 0. The van der Waals surface area contributed by atoms with Crippen molar-refractivity contribution in [3.63, 3.8) is 0 Å². The van der Waals surface area contributed by atoms with Gasteiger partial charge in [0.15, 0.2) is 0 Å². The summed E-state index contributed by atoms with van der Waals surface area (Å²) in [4.78, 5) is 28.5. The molecule has 1 aromatic rings. The third kappa shape index (κ3) is 3.57. The first kappa shape index (κ1) is 16.4. The Bertz CT molecular complexity index is 609. The van der Waals surface area contributed by atoms with Crippen LogP contribution in [0, 0.1) is 11.7 Å². The molecular weight excluding hydrogens is 363 g/mol. The molecule has 124 valence electrons. The van der Waals surface area contributed by atoms with Gasteiger partial charge < -0.3 is 9.80 Å². The van der Waals surface area contributed by atoms with Gasteiger partial charge in [-0.05, 0) is 43.9 Å². The zero-order valence-electron chi connectivity index (χ0n) is 12.9. The van der Waals surface area contributed by atoms with E-state index in [1.165, 1.54) is 12.1 Å². The average molecular weight is 383 g/mol. The number of rotatable bonds is 2. The van der Waals surface area contributed by atoms with Crippen molar-refractivity contribution in [3.8, 4) is 0 Å². The van der Waals surface area contributed by atoms with E-state index < -0.39 is 5.82 Å². The lowest BCUT2D eigenvalue weighted by Crippen LogP contribution is -2.44. The summed E-state index contributed by atoms with van der Waals surface area (Å²) in [6, 6.07) is 4.38. The fourth-order valence-corrected chi connectivity index (χ4v) is 3.72. The van der Waals surface area contributed by atoms with E-state index >= 15 is 0 Å². The van der Waals surface area contributed by atoms with Gasteiger partial charge in [0.25, 0.3) is 5.91 Å². The van der Waals surface area contributed by atoms with Crippen molar-refractivity contribution >= 4 is 27.7 Å². The van der Waals surface area contributed by atoms with Gasteiger partial charge in [0.1, 0.15) is 5.82 Å². The van der Waals surface area contributed by atoms with E-state index in [4.69, 9.17) is 0 Å². The molecule has 2 aliphatic rings. The average Bonchev–Trinajstić information content (AvgIpc) is 3.10.